The van der Waals surface area contributed by atoms with Gasteiger partial charge in [0.15, 0.2) is 11.5 Å². The fourth-order valence-electron chi connectivity index (χ4n) is 4.60. The van der Waals surface area contributed by atoms with E-state index < -0.39 is 17.7 Å². The molecule has 2 N–H and O–H groups in total. The van der Waals surface area contributed by atoms with Crippen molar-refractivity contribution in [2.24, 2.45) is 5.92 Å². The highest BCUT2D eigenvalue weighted by Crippen LogP contribution is 2.31. The van der Waals surface area contributed by atoms with Gasteiger partial charge in [-0.3, -0.25) is 0 Å². The van der Waals surface area contributed by atoms with Gasteiger partial charge in [-0.15, -0.1) is 0 Å². The number of anilines is 1. The van der Waals surface area contributed by atoms with Crippen molar-refractivity contribution in [3.8, 4) is 5.75 Å². The Labute approximate surface area is 222 Å². The zero-order valence-corrected chi connectivity index (χ0v) is 21.1. The molecule has 4 aromatic rings. The highest BCUT2D eigenvalue weighted by atomic mass is 19.4. The van der Waals surface area contributed by atoms with Gasteiger partial charge in [0.2, 0.25) is 5.82 Å². The lowest BCUT2D eigenvalue weighted by Gasteiger charge is -2.25. The number of benzene rings is 2. The third-order valence-corrected chi connectivity index (χ3v) is 6.90. The van der Waals surface area contributed by atoms with E-state index in [0.29, 0.717) is 47.4 Å². The van der Waals surface area contributed by atoms with E-state index in [4.69, 9.17) is 4.74 Å². The normalized spacial score (nSPS) is 13.8. The second kappa shape index (κ2) is 11.3. The predicted molar refractivity (Wildman–Crippen MR) is 139 cm³/mol. The van der Waals surface area contributed by atoms with Gasteiger partial charge in [0.25, 0.3) is 0 Å². The molecule has 1 aliphatic carbocycles. The first-order chi connectivity index (χ1) is 18.8. The topological polar surface area (TPSA) is 102 Å². The summed E-state index contributed by atoms with van der Waals surface area (Å²) in [6, 6.07) is 14.2. The summed E-state index contributed by atoms with van der Waals surface area (Å²) < 4.78 is 47.0. The number of carboxylic acids is 1. The summed E-state index contributed by atoms with van der Waals surface area (Å²) in [4.78, 5) is 24.8. The van der Waals surface area contributed by atoms with E-state index >= 15 is 0 Å². The van der Waals surface area contributed by atoms with Crippen LogP contribution < -0.4 is 10.1 Å². The molecule has 204 valence electrons. The van der Waals surface area contributed by atoms with Crippen LogP contribution >= 0.6 is 0 Å². The van der Waals surface area contributed by atoms with Gasteiger partial charge in [-0.05, 0) is 42.2 Å². The summed E-state index contributed by atoms with van der Waals surface area (Å²) in [5.74, 6) is 0.571. The van der Waals surface area contributed by atoms with Gasteiger partial charge in [0.05, 0.1) is 12.2 Å². The molecule has 2 aromatic carbocycles. The summed E-state index contributed by atoms with van der Waals surface area (Å²) in [5, 5.41) is 12.9. The fraction of sp³-hybridized carbons (Fsp3) is 0.357. The Morgan fingerprint density at radius 3 is 2.44 bits per heavy atom. The van der Waals surface area contributed by atoms with Crippen molar-refractivity contribution in [2.75, 3.05) is 18.5 Å². The van der Waals surface area contributed by atoms with Gasteiger partial charge in [-0.25, -0.2) is 19.7 Å². The van der Waals surface area contributed by atoms with Crippen molar-refractivity contribution >= 4 is 23.0 Å². The molecule has 2 aromatic heterocycles. The number of nitrogens with zero attached hydrogens (tertiary/aromatic N) is 4. The third kappa shape index (κ3) is 6.30. The minimum atomic E-state index is -4.43. The van der Waals surface area contributed by atoms with Gasteiger partial charge < -0.3 is 19.7 Å². The van der Waals surface area contributed by atoms with Crippen LogP contribution in [0.3, 0.4) is 0 Å². The van der Waals surface area contributed by atoms with Crippen molar-refractivity contribution in [3.63, 3.8) is 0 Å². The average molecular weight is 540 g/mol. The predicted octanol–water partition coefficient (Wildman–Crippen LogP) is 5.82. The monoisotopic (exact) mass is 539 g/mol. The quantitative estimate of drug-likeness (QED) is 0.248. The van der Waals surface area contributed by atoms with E-state index in [0.717, 1.165) is 18.6 Å². The van der Waals surface area contributed by atoms with Gasteiger partial charge in [-0.1, -0.05) is 49.6 Å². The van der Waals surface area contributed by atoms with Crippen LogP contribution in [-0.4, -0.2) is 43.7 Å². The van der Waals surface area contributed by atoms with E-state index in [9.17, 15) is 23.1 Å². The lowest BCUT2D eigenvalue weighted by Crippen LogP contribution is -2.17. The van der Waals surface area contributed by atoms with E-state index in [1.807, 2.05) is 34.9 Å². The lowest BCUT2D eigenvalue weighted by atomic mass is 9.83. The summed E-state index contributed by atoms with van der Waals surface area (Å²) >= 11 is 0. The number of imidazole rings is 1. The number of aromatic carboxylic acids is 1. The second-order valence-electron chi connectivity index (χ2n) is 9.61. The number of para-hydroxylation sites is 1. The van der Waals surface area contributed by atoms with Gasteiger partial charge in [-0.2, -0.15) is 13.2 Å². The molecule has 1 aliphatic rings. The number of ether oxygens (including phenoxy) is 1. The zero-order chi connectivity index (χ0) is 27.4. The highest BCUT2D eigenvalue weighted by Gasteiger charge is 2.30. The van der Waals surface area contributed by atoms with E-state index in [1.165, 1.54) is 31.4 Å². The number of rotatable bonds is 11. The Bertz CT molecular complexity index is 1440. The minimum absolute atomic E-state index is 0.197. The number of halogens is 3. The van der Waals surface area contributed by atoms with Crippen LogP contribution in [0.25, 0.3) is 11.2 Å². The van der Waals surface area contributed by atoms with Crippen LogP contribution in [0, 0.1) is 5.92 Å². The number of alkyl halides is 3. The largest absolute Gasteiger partial charge is 0.493 e. The molecule has 5 rings (SSSR count). The first-order valence-corrected chi connectivity index (χ1v) is 12.9. The van der Waals surface area contributed by atoms with Crippen molar-refractivity contribution in [3.05, 3.63) is 77.4 Å². The van der Waals surface area contributed by atoms with Gasteiger partial charge >= 0.3 is 12.1 Å². The summed E-state index contributed by atoms with van der Waals surface area (Å²) in [5.41, 5.74) is 0.597. The Hall–Kier alpha value is -4.15. The number of aromatic nitrogens is 4. The second-order valence-corrected chi connectivity index (χ2v) is 9.61. The van der Waals surface area contributed by atoms with Crippen LogP contribution in [0.2, 0.25) is 0 Å². The number of carboxylic acid groups (broad SMARTS) is 1. The Balaban J connectivity index is 1.49. The SMILES string of the molecule is O=C(O)c1nc(NCCC2CCC2)c2c(n1)nc(CCOc1ccccc1)n2Cc1ccc(C(F)(F)F)cc1. The molecule has 0 bridgehead atoms. The zero-order valence-electron chi connectivity index (χ0n) is 21.1. The van der Waals surface area contributed by atoms with Crippen molar-refractivity contribution < 1.29 is 27.8 Å². The molecule has 0 atom stereocenters. The molecular formula is C28H28F3N5O3. The molecule has 1 fully saturated rings. The maximum atomic E-state index is 13.1. The summed E-state index contributed by atoms with van der Waals surface area (Å²) in [6.45, 7) is 1.08. The first kappa shape index (κ1) is 26.5. The number of hydrogen-bond acceptors (Lipinski definition) is 6. The number of carbonyl (C=O) groups is 1. The Kier molecular flexibility index (Phi) is 7.67. The maximum absolute atomic E-state index is 13.1. The third-order valence-electron chi connectivity index (χ3n) is 6.90. The van der Waals surface area contributed by atoms with Crippen molar-refractivity contribution in [1.29, 1.82) is 0 Å². The molecule has 0 aliphatic heterocycles. The minimum Gasteiger partial charge on any atom is -0.493 e. The molecule has 0 radical (unpaired) electrons. The first-order valence-electron chi connectivity index (χ1n) is 12.9. The van der Waals surface area contributed by atoms with Crippen LogP contribution in [0.4, 0.5) is 19.0 Å². The van der Waals surface area contributed by atoms with E-state index in [2.05, 4.69) is 20.3 Å². The molecule has 0 amide bonds. The smallest absolute Gasteiger partial charge is 0.416 e. The van der Waals surface area contributed by atoms with Gasteiger partial charge in [0, 0.05) is 19.5 Å². The maximum Gasteiger partial charge on any atom is 0.416 e. The molecule has 11 heteroatoms. The van der Waals surface area contributed by atoms with E-state index in [1.54, 1.807) is 0 Å². The molecule has 0 saturated heterocycles. The van der Waals surface area contributed by atoms with Crippen LogP contribution in [-0.2, 0) is 19.1 Å². The Morgan fingerprint density at radius 2 is 1.79 bits per heavy atom. The highest BCUT2D eigenvalue weighted by molar-refractivity contribution is 5.90. The summed E-state index contributed by atoms with van der Waals surface area (Å²) in [7, 11) is 0. The molecule has 8 nitrogen and oxygen atoms in total. The van der Waals surface area contributed by atoms with Crippen LogP contribution in [0.5, 0.6) is 5.75 Å². The summed E-state index contributed by atoms with van der Waals surface area (Å²) in [6.07, 6.45) is 0.435. The Morgan fingerprint density at radius 1 is 1.05 bits per heavy atom. The molecule has 0 spiro atoms. The van der Waals surface area contributed by atoms with Crippen molar-refractivity contribution in [2.45, 2.75) is 44.8 Å². The standard InChI is InChI=1S/C28H28F3N5O3/c29-28(30,31)20-11-9-19(10-12-20)17-36-22(14-16-39-21-7-2-1-3-8-21)33-25-23(36)24(34-26(35-25)27(37)38)32-15-13-18-5-4-6-18/h1-3,7-12,18H,4-6,13-17H2,(H,37,38)(H,32,34,35). The molecule has 39 heavy (non-hydrogen) atoms. The molecular weight excluding hydrogens is 511 g/mol. The van der Waals surface area contributed by atoms with E-state index in [-0.39, 0.29) is 24.6 Å². The number of fused-ring (bicyclic) bond motifs is 1. The fourth-order valence-corrected chi connectivity index (χ4v) is 4.60. The number of hydrogen-bond donors (Lipinski definition) is 2. The molecule has 2 heterocycles. The van der Waals surface area contributed by atoms with Crippen molar-refractivity contribution in [1.82, 2.24) is 19.5 Å². The van der Waals surface area contributed by atoms with Crippen LogP contribution in [0.15, 0.2) is 54.6 Å². The van der Waals surface area contributed by atoms with Gasteiger partial charge in [0.1, 0.15) is 17.1 Å². The number of nitrogens with one attached hydrogen (secondary N) is 1. The molecule has 0 unspecified atom stereocenters. The lowest BCUT2D eigenvalue weighted by molar-refractivity contribution is -0.137. The average Bonchev–Trinajstić information content (AvgIpc) is 3.23. The molecule has 1 saturated carbocycles. The van der Waals surface area contributed by atoms with Crippen LogP contribution in [0.1, 0.15) is 53.3 Å².